The number of hydrogen-bond donors (Lipinski definition) is 0. The molecule has 2 unspecified atom stereocenters. The molecule has 1 saturated carbocycles. The van der Waals surface area contributed by atoms with Crippen molar-refractivity contribution in [2.24, 2.45) is 0 Å². The fourth-order valence-corrected chi connectivity index (χ4v) is 5.40. The van der Waals surface area contributed by atoms with Gasteiger partial charge in [0.1, 0.15) is 0 Å². The van der Waals surface area contributed by atoms with Crippen LogP contribution in [0.1, 0.15) is 32.6 Å². The third kappa shape index (κ3) is 1.96. The molecule has 0 heterocycles. The molecule has 0 nitrogen and oxygen atoms in total. The average molecular weight is 428 g/mol. The van der Waals surface area contributed by atoms with Crippen molar-refractivity contribution < 1.29 is 0 Å². The first-order chi connectivity index (χ1) is 5.44. The van der Waals surface area contributed by atoms with Crippen molar-refractivity contribution in [2.45, 2.75) is 45.0 Å². The van der Waals surface area contributed by atoms with Crippen LogP contribution in [-0.4, -0.2) is 12.4 Å². The zero-order valence-electron chi connectivity index (χ0n) is 6.92. The van der Waals surface area contributed by atoms with E-state index in [0.717, 1.165) is 6.42 Å². The van der Waals surface area contributed by atoms with E-state index in [4.69, 9.17) is 0 Å². The molecule has 1 rings (SSSR count). The van der Waals surface area contributed by atoms with Gasteiger partial charge in [-0.25, -0.2) is 0 Å². The molecule has 1 fully saturated rings. The first-order valence-electron chi connectivity index (χ1n) is 4.15. The van der Waals surface area contributed by atoms with Gasteiger partial charge in [0.25, 0.3) is 0 Å². The van der Waals surface area contributed by atoms with Crippen LogP contribution in [0.2, 0.25) is 0 Å². The minimum atomic E-state index is 0.0498. The van der Waals surface area contributed by atoms with Gasteiger partial charge >= 0.3 is 0 Å². The predicted octanol–water partition coefficient (Wildman–Crippen LogP) is 4.96. The second-order valence-corrected chi connectivity index (χ2v) is 9.57. The molecule has 0 spiro atoms. The van der Waals surface area contributed by atoms with E-state index in [-0.39, 0.29) is 7.56 Å². The highest BCUT2D eigenvalue weighted by Crippen LogP contribution is 2.56. The van der Waals surface area contributed by atoms with Crippen LogP contribution in [0.3, 0.4) is 0 Å². The lowest BCUT2D eigenvalue weighted by Gasteiger charge is -2.46. The van der Waals surface area contributed by atoms with Crippen LogP contribution in [0.4, 0.5) is 0 Å². The van der Waals surface area contributed by atoms with E-state index in [9.17, 15) is 0 Å². The molecule has 4 heteroatoms. The van der Waals surface area contributed by atoms with Crippen molar-refractivity contribution >= 4 is 63.7 Å². The number of halogens is 4. The molecule has 0 aliphatic heterocycles. The lowest BCUT2D eigenvalue weighted by molar-refractivity contribution is 0.412. The Morgan fingerprint density at radius 1 is 1.33 bits per heavy atom. The summed E-state index contributed by atoms with van der Waals surface area (Å²) in [5.41, 5.74) is 0. The zero-order valence-corrected chi connectivity index (χ0v) is 13.3. The van der Waals surface area contributed by atoms with Crippen molar-refractivity contribution in [3.8, 4) is 0 Å². The standard InChI is InChI=1S/C8H12Br4/c1-2-7(10)6(9)4-3-5-8(7,11)12/h6H,2-5H2,1H3. The fraction of sp³-hybridized carbons (Fsp3) is 1.00. The molecule has 0 aromatic carbocycles. The maximum atomic E-state index is 3.84. The van der Waals surface area contributed by atoms with Crippen LogP contribution < -0.4 is 0 Å². The predicted molar refractivity (Wildman–Crippen MR) is 69.1 cm³/mol. The first kappa shape index (κ1) is 12.0. The molecule has 1 aliphatic rings. The van der Waals surface area contributed by atoms with Crippen molar-refractivity contribution in [3.63, 3.8) is 0 Å². The second kappa shape index (κ2) is 4.19. The van der Waals surface area contributed by atoms with E-state index < -0.39 is 0 Å². The van der Waals surface area contributed by atoms with Gasteiger partial charge in [-0.1, -0.05) is 70.6 Å². The Morgan fingerprint density at radius 3 is 2.25 bits per heavy atom. The van der Waals surface area contributed by atoms with Gasteiger partial charge < -0.3 is 0 Å². The quantitative estimate of drug-likeness (QED) is 0.519. The molecular formula is C8H12Br4. The lowest BCUT2D eigenvalue weighted by atomic mass is 9.87. The molecule has 2 atom stereocenters. The van der Waals surface area contributed by atoms with E-state index in [1.807, 2.05) is 0 Å². The molecular weight excluding hydrogens is 416 g/mol. The summed E-state index contributed by atoms with van der Waals surface area (Å²) in [6, 6.07) is 0. The minimum Gasteiger partial charge on any atom is -0.0875 e. The highest BCUT2D eigenvalue weighted by molar-refractivity contribution is 9.26. The molecule has 12 heavy (non-hydrogen) atoms. The average Bonchev–Trinajstić information content (AvgIpc) is 2.00. The second-order valence-electron chi connectivity index (χ2n) is 3.28. The van der Waals surface area contributed by atoms with Crippen LogP contribution in [0, 0.1) is 0 Å². The minimum absolute atomic E-state index is 0.0498. The highest BCUT2D eigenvalue weighted by atomic mass is 79.9. The van der Waals surface area contributed by atoms with Gasteiger partial charge in [-0.15, -0.1) is 0 Å². The van der Waals surface area contributed by atoms with Crippen LogP contribution in [0.5, 0.6) is 0 Å². The Hall–Kier alpha value is 1.92. The normalized spacial score (nSPS) is 41.2. The van der Waals surface area contributed by atoms with Gasteiger partial charge in [0.2, 0.25) is 0 Å². The SMILES string of the molecule is CCC1(Br)C(Br)CCCC1(Br)Br. The Morgan fingerprint density at radius 2 is 1.92 bits per heavy atom. The summed E-state index contributed by atoms with van der Waals surface area (Å²) in [6.07, 6.45) is 4.80. The maximum Gasteiger partial charge on any atom is 0.0968 e. The number of rotatable bonds is 1. The summed E-state index contributed by atoms with van der Waals surface area (Å²) in [5, 5.41) is 0. The summed E-state index contributed by atoms with van der Waals surface area (Å²) in [5.74, 6) is 0. The highest BCUT2D eigenvalue weighted by Gasteiger charge is 2.51. The molecule has 0 N–H and O–H groups in total. The Bertz CT molecular complexity index is 168. The lowest BCUT2D eigenvalue weighted by Crippen LogP contribution is -2.49. The monoisotopic (exact) mass is 424 g/mol. The topological polar surface area (TPSA) is 0 Å². The van der Waals surface area contributed by atoms with Gasteiger partial charge in [0.15, 0.2) is 0 Å². The molecule has 72 valence electrons. The van der Waals surface area contributed by atoms with Gasteiger partial charge in [0.05, 0.1) is 7.56 Å². The van der Waals surface area contributed by atoms with Gasteiger partial charge in [-0.2, -0.15) is 0 Å². The summed E-state index contributed by atoms with van der Waals surface area (Å²) in [6.45, 7) is 2.21. The molecule has 0 saturated heterocycles. The van der Waals surface area contributed by atoms with Gasteiger partial charge in [0, 0.05) is 4.83 Å². The summed E-state index contributed by atoms with van der Waals surface area (Å²) >= 11 is 15.1. The smallest absolute Gasteiger partial charge is 0.0875 e. The van der Waals surface area contributed by atoms with Crippen LogP contribution in [-0.2, 0) is 0 Å². The van der Waals surface area contributed by atoms with Crippen molar-refractivity contribution in [2.75, 3.05) is 0 Å². The molecule has 0 aromatic heterocycles. The molecule has 0 aromatic rings. The summed E-state index contributed by atoms with van der Waals surface area (Å²) in [4.78, 5) is 0.544. The first-order valence-corrected chi connectivity index (χ1v) is 7.44. The van der Waals surface area contributed by atoms with E-state index in [1.54, 1.807) is 0 Å². The van der Waals surface area contributed by atoms with Crippen molar-refractivity contribution in [3.05, 3.63) is 0 Å². The summed E-state index contributed by atoms with van der Waals surface area (Å²) < 4.78 is 0.187. The van der Waals surface area contributed by atoms with Crippen molar-refractivity contribution in [1.29, 1.82) is 0 Å². The van der Waals surface area contributed by atoms with E-state index >= 15 is 0 Å². The van der Waals surface area contributed by atoms with Crippen LogP contribution in [0.15, 0.2) is 0 Å². The third-order valence-corrected chi connectivity index (χ3v) is 9.48. The third-order valence-electron chi connectivity index (χ3n) is 2.57. The maximum absolute atomic E-state index is 3.84. The largest absolute Gasteiger partial charge is 0.0968 e. The molecule has 0 bridgehead atoms. The molecule has 0 amide bonds. The van der Waals surface area contributed by atoms with Gasteiger partial charge in [-0.3, -0.25) is 0 Å². The Labute approximate surface area is 108 Å². The summed E-state index contributed by atoms with van der Waals surface area (Å²) in [7, 11) is 0. The van der Waals surface area contributed by atoms with Crippen LogP contribution >= 0.6 is 63.7 Å². The Balaban J connectivity index is 2.88. The zero-order chi connectivity index (χ0) is 9.41. The molecule has 0 radical (unpaired) electrons. The van der Waals surface area contributed by atoms with Crippen molar-refractivity contribution in [1.82, 2.24) is 0 Å². The van der Waals surface area contributed by atoms with E-state index in [1.165, 1.54) is 19.3 Å². The van der Waals surface area contributed by atoms with Gasteiger partial charge in [-0.05, 0) is 25.7 Å². The fourth-order valence-electron chi connectivity index (χ4n) is 1.65. The van der Waals surface area contributed by atoms with E-state index in [0.29, 0.717) is 4.83 Å². The number of hydrogen-bond acceptors (Lipinski definition) is 0. The van der Waals surface area contributed by atoms with E-state index in [2.05, 4.69) is 70.6 Å². The van der Waals surface area contributed by atoms with Crippen LogP contribution in [0.25, 0.3) is 0 Å². The number of alkyl halides is 4. The Kier molecular flexibility index (Phi) is 4.19. The molecule has 1 aliphatic carbocycles.